The molecule has 1 unspecified atom stereocenters. The van der Waals surface area contributed by atoms with E-state index >= 15 is 0 Å². The van der Waals surface area contributed by atoms with Crippen molar-refractivity contribution in [3.05, 3.63) is 29.3 Å². The van der Waals surface area contributed by atoms with E-state index in [4.69, 9.17) is 10.5 Å². The Balaban J connectivity index is 2.47. The zero-order valence-corrected chi connectivity index (χ0v) is 9.92. The molecule has 0 fully saturated rings. The molecule has 1 aromatic carbocycles. The van der Waals surface area contributed by atoms with Crippen molar-refractivity contribution >= 4 is 0 Å². The molecule has 84 valence electrons. The number of benzene rings is 1. The number of hydrogen-bond donors (Lipinski definition) is 1. The van der Waals surface area contributed by atoms with Crippen LogP contribution in [0.15, 0.2) is 18.2 Å². The van der Waals surface area contributed by atoms with Crippen molar-refractivity contribution in [1.82, 2.24) is 0 Å². The van der Waals surface area contributed by atoms with Gasteiger partial charge in [0.2, 0.25) is 0 Å². The fraction of sp³-hybridized carbons (Fsp3) is 0.538. The summed E-state index contributed by atoms with van der Waals surface area (Å²) in [7, 11) is 0. The predicted molar refractivity (Wildman–Crippen MR) is 64.3 cm³/mol. The van der Waals surface area contributed by atoms with Crippen molar-refractivity contribution in [3.63, 3.8) is 0 Å². The molecular formula is C13H21NO. The van der Waals surface area contributed by atoms with Gasteiger partial charge in [0.25, 0.3) is 0 Å². The Morgan fingerprint density at radius 2 is 2.00 bits per heavy atom. The summed E-state index contributed by atoms with van der Waals surface area (Å²) in [4.78, 5) is 0. The van der Waals surface area contributed by atoms with E-state index in [9.17, 15) is 0 Å². The number of nitrogens with two attached hydrogens (primary N) is 1. The first-order valence-corrected chi connectivity index (χ1v) is 5.59. The van der Waals surface area contributed by atoms with Gasteiger partial charge in [-0.3, -0.25) is 0 Å². The van der Waals surface area contributed by atoms with Crippen LogP contribution in [-0.4, -0.2) is 12.6 Å². The van der Waals surface area contributed by atoms with E-state index in [0.717, 1.165) is 18.6 Å². The lowest BCUT2D eigenvalue weighted by Crippen LogP contribution is -2.27. The maximum absolute atomic E-state index is 5.88. The van der Waals surface area contributed by atoms with Crippen molar-refractivity contribution in [3.8, 4) is 5.75 Å². The van der Waals surface area contributed by atoms with Crippen LogP contribution in [-0.2, 0) is 0 Å². The minimum atomic E-state index is 0.150. The van der Waals surface area contributed by atoms with Gasteiger partial charge in [0.1, 0.15) is 12.4 Å². The van der Waals surface area contributed by atoms with Crippen molar-refractivity contribution < 1.29 is 4.74 Å². The highest BCUT2D eigenvalue weighted by atomic mass is 16.5. The van der Waals surface area contributed by atoms with Crippen molar-refractivity contribution in [2.45, 2.75) is 39.7 Å². The summed E-state index contributed by atoms with van der Waals surface area (Å²) in [6.07, 6.45) is 2.13. The second kappa shape index (κ2) is 5.76. The summed E-state index contributed by atoms with van der Waals surface area (Å²) in [5.41, 5.74) is 8.43. The highest BCUT2D eigenvalue weighted by molar-refractivity contribution is 5.33. The van der Waals surface area contributed by atoms with E-state index in [2.05, 4.69) is 32.9 Å². The molecule has 0 saturated heterocycles. The van der Waals surface area contributed by atoms with Gasteiger partial charge in [-0.15, -0.1) is 0 Å². The highest BCUT2D eigenvalue weighted by Crippen LogP contribution is 2.16. The monoisotopic (exact) mass is 207 g/mol. The van der Waals surface area contributed by atoms with E-state index in [1.165, 1.54) is 11.1 Å². The van der Waals surface area contributed by atoms with E-state index in [1.54, 1.807) is 0 Å². The third-order valence-corrected chi connectivity index (χ3v) is 2.60. The molecule has 0 aliphatic rings. The summed E-state index contributed by atoms with van der Waals surface area (Å²) >= 11 is 0. The Hall–Kier alpha value is -1.02. The van der Waals surface area contributed by atoms with E-state index in [-0.39, 0.29) is 6.04 Å². The lowest BCUT2D eigenvalue weighted by molar-refractivity contribution is 0.281. The smallest absolute Gasteiger partial charge is 0.119 e. The molecule has 0 radical (unpaired) electrons. The van der Waals surface area contributed by atoms with Gasteiger partial charge in [-0.25, -0.2) is 0 Å². The molecule has 0 bridgehead atoms. The van der Waals surface area contributed by atoms with Crippen LogP contribution in [0.3, 0.4) is 0 Å². The van der Waals surface area contributed by atoms with Crippen LogP contribution in [0.25, 0.3) is 0 Å². The summed E-state index contributed by atoms with van der Waals surface area (Å²) in [6.45, 7) is 6.93. The number of ether oxygens (including phenoxy) is 1. The number of aryl methyl sites for hydroxylation is 2. The minimum Gasteiger partial charge on any atom is -0.492 e. The molecule has 1 aromatic rings. The zero-order valence-electron chi connectivity index (χ0n) is 9.92. The third kappa shape index (κ3) is 3.92. The van der Waals surface area contributed by atoms with Gasteiger partial charge in [0, 0.05) is 6.04 Å². The topological polar surface area (TPSA) is 35.2 Å². The Morgan fingerprint density at radius 1 is 1.27 bits per heavy atom. The Kier molecular flexibility index (Phi) is 4.63. The largest absolute Gasteiger partial charge is 0.492 e. The van der Waals surface area contributed by atoms with Crippen molar-refractivity contribution in [1.29, 1.82) is 0 Å². The lowest BCUT2D eigenvalue weighted by atomic mass is 10.1. The van der Waals surface area contributed by atoms with Crippen LogP contribution in [0.2, 0.25) is 0 Å². The third-order valence-electron chi connectivity index (χ3n) is 2.60. The molecular weight excluding hydrogens is 186 g/mol. The van der Waals surface area contributed by atoms with Gasteiger partial charge in [-0.2, -0.15) is 0 Å². The van der Waals surface area contributed by atoms with Crippen molar-refractivity contribution in [2.24, 2.45) is 5.73 Å². The average molecular weight is 207 g/mol. The van der Waals surface area contributed by atoms with Crippen LogP contribution < -0.4 is 10.5 Å². The fourth-order valence-electron chi connectivity index (χ4n) is 1.46. The fourth-order valence-corrected chi connectivity index (χ4v) is 1.46. The standard InChI is InChI=1S/C13H21NO/c1-4-5-12(14)9-15-13-7-6-10(2)11(3)8-13/h6-8,12H,4-5,9,14H2,1-3H3. The molecule has 0 heterocycles. The van der Waals surface area contributed by atoms with Gasteiger partial charge < -0.3 is 10.5 Å². The highest BCUT2D eigenvalue weighted by Gasteiger charge is 2.02. The van der Waals surface area contributed by atoms with Crippen LogP contribution in [0.5, 0.6) is 5.75 Å². The van der Waals surface area contributed by atoms with Crippen LogP contribution >= 0.6 is 0 Å². The first-order valence-electron chi connectivity index (χ1n) is 5.59. The molecule has 2 heteroatoms. The zero-order chi connectivity index (χ0) is 11.3. The Morgan fingerprint density at radius 3 is 2.60 bits per heavy atom. The van der Waals surface area contributed by atoms with Gasteiger partial charge in [-0.1, -0.05) is 19.4 Å². The minimum absolute atomic E-state index is 0.150. The molecule has 0 aliphatic heterocycles. The molecule has 1 rings (SSSR count). The first kappa shape index (κ1) is 12.1. The number of rotatable bonds is 5. The molecule has 2 nitrogen and oxygen atoms in total. The van der Waals surface area contributed by atoms with Crippen LogP contribution in [0.4, 0.5) is 0 Å². The summed E-state index contributed by atoms with van der Waals surface area (Å²) in [5, 5.41) is 0. The normalized spacial score (nSPS) is 12.5. The summed E-state index contributed by atoms with van der Waals surface area (Å²) in [5.74, 6) is 0.921. The molecule has 0 aliphatic carbocycles. The van der Waals surface area contributed by atoms with Crippen molar-refractivity contribution in [2.75, 3.05) is 6.61 Å². The molecule has 0 saturated carbocycles. The molecule has 1 atom stereocenters. The molecule has 15 heavy (non-hydrogen) atoms. The van der Waals surface area contributed by atoms with Gasteiger partial charge in [0.05, 0.1) is 0 Å². The van der Waals surface area contributed by atoms with Crippen LogP contribution in [0, 0.1) is 13.8 Å². The molecule has 0 spiro atoms. The van der Waals surface area contributed by atoms with Gasteiger partial charge in [-0.05, 0) is 43.5 Å². The van der Waals surface area contributed by atoms with Crippen LogP contribution in [0.1, 0.15) is 30.9 Å². The van der Waals surface area contributed by atoms with Gasteiger partial charge >= 0.3 is 0 Å². The van der Waals surface area contributed by atoms with Gasteiger partial charge in [0.15, 0.2) is 0 Å². The van der Waals surface area contributed by atoms with E-state index in [1.807, 2.05) is 6.07 Å². The quantitative estimate of drug-likeness (QED) is 0.805. The number of hydrogen-bond acceptors (Lipinski definition) is 2. The predicted octanol–water partition coefficient (Wildman–Crippen LogP) is 2.81. The maximum Gasteiger partial charge on any atom is 0.119 e. The average Bonchev–Trinajstić information content (AvgIpc) is 2.20. The Labute approximate surface area is 92.4 Å². The second-order valence-electron chi connectivity index (χ2n) is 4.11. The summed E-state index contributed by atoms with van der Waals surface area (Å²) < 4.78 is 5.63. The Bertz CT molecular complexity index is 309. The van der Waals surface area contributed by atoms with E-state index < -0.39 is 0 Å². The first-order chi connectivity index (χ1) is 7.13. The molecule has 2 N–H and O–H groups in total. The second-order valence-corrected chi connectivity index (χ2v) is 4.11. The molecule has 0 amide bonds. The maximum atomic E-state index is 5.88. The van der Waals surface area contributed by atoms with E-state index in [0.29, 0.717) is 6.61 Å². The lowest BCUT2D eigenvalue weighted by Gasteiger charge is -2.13. The summed E-state index contributed by atoms with van der Waals surface area (Å²) in [6, 6.07) is 6.29. The molecule has 0 aromatic heterocycles. The SMILES string of the molecule is CCCC(N)COc1ccc(C)c(C)c1.